The summed E-state index contributed by atoms with van der Waals surface area (Å²) < 4.78 is 12.5. The third kappa shape index (κ3) is 4.77. The lowest BCUT2D eigenvalue weighted by Gasteiger charge is -2.17. The predicted octanol–water partition coefficient (Wildman–Crippen LogP) is 3.42. The molecule has 0 amide bonds. The van der Waals surface area contributed by atoms with Gasteiger partial charge in [-0.25, -0.2) is 4.79 Å². The van der Waals surface area contributed by atoms with E-state index in [0.29, 0.717) is 17.7 Å². The van der Waals surface area contributed by atoms with Crippen LogP contribution in [0.2, 0.25) is 0 Å². The second-order valence-electron chi connectivity index (χ2n) is 6.90. The van der Waals surface area contributed by atoms with Crippen molar-refractivity contribution in [3.63, 3.8) is 0 Å². The van der Waals surface area contributed by atoms with Crippen LogP contribution >= 0.6 is 0 Å². The maximum absolute atomic E-state index is 12.6. The number of esters is 1. The molecule has 6 nitrogen and oxygen atoms in total. The summed E-state index contributed by atoms with van der Waals surface area (Å²) in [5.41, 5.74) is 3.73. The Hall–Kier alpha value is -2.60. The van der Waals surface area contributed by atoms with E-state index in [-0.39, 0.29) is 18.4 Å². The van der Waals surface area contributed by atoms with Crippen LogP contribution in [-0.2, 0) is 9.47 Å². The number of hydrogen-bond acceptors (Lipinski definition) is 5. The number of carbonyl (C=O) groups is 2. The highest BCUT2D eigenvalue weighted by atomic mass is 16.5. The van der Waals surface area contributed by atoms with Crippen molar-refractivity contribution in [2.24, 2.45) is 0 Å². The zero-order valence-corrected chi connectivity index (χ0v) is 16.9. The first kappa shape index (κ1) is 20.7. The molecule has 0 unspecified atom stereocenters. The van der Waals surface area contributed by atoms with E-state index in [1.807, 2.05) is 51.9 Å². The zero-order chi connectivity index (χ0) is 20.1. The van der Waals surface area contributed by atoms with Crippen molar-refractivity contribution in [3.05, 3.63) is 52.8 Å². The van der Waals surface area contributed by atoms with Crippen LogP contribution in [0.4, 0.5) is 5.69 Å². The lowest BCUT2D eigenvalue weighted by Crippen LogP contribution is -2.17. The molecule has 2 aromatic rings. The van der Waals surface area contributed by atoms with E-state index in [1.54, 1.807) is 25.3 Å². The van der Waals surface area contributed by atoms with Crippen molar-refractivity contribution >= 4 is 17.4 Å². The Morgan fingerprint density at radius 3 is 2.52 bits per heavy atom. The van der Waals surface area contributed by atoms with Crippen LogP contribution in [0.1, 0.15) is 45.1 Å². The Morgan fingerprint density at radius 2 is 1.89 bits per heavy atom. The number of carbonyl (C=O) groups excluding carboxylic acids is 2. The Morgan fingerprint density at radius 1 is 1.19 bits per heavy atom. The molecule has 27 heavy (non-hydrogen) atoms. The molecule has 1 heterocycles. The number of ketones is 1. The van der Waals surface area contributed by atoms with Crippen molar-refractivity contribution in [1.82, 2.24) is 4.57 Å². The summed E-state index contributed by atoms with van der Waals surface area (Å²) in [6.07, 6.45) is 0. The number of anilines is 1. The highest BCUT2D eigenvalue weighted by Gasteiger charge is 2.20. The maximum atomic E-state index is 12.6. The van der Waals surface area contributed by atoms with Crippen molar-refractivity contribution in [2.45, 2.75) is 26.8 Å². The predicted molar refractivity (Wildman–Crippen MR) is 106 cm³/mol. The van der Waals surface area contributed by atoms with Gasteiger partial charge in [-0.05, 0) is 45.0 Å². The first-order valence-electron chi connectivity index (χ1n) is 8.91. The van der Waals surface area contributed by atoms with Gasteiger partial charge in [0.05, 0.1) is 18.2 Å². The SMILES string of the molecule is COC[C@@H](C)n1c(C)cc(C(=O)COC(=O)c2cccc(N(C)C)c2)c1C. The van der Waals surface area contributed by atoms with Crippen molar-refractivity contribution in [3.8, 4) is 0 Å². The van der Waals surface area contributed by atoms with Crippen molar-refractivity contribution < 1.29 is 19.1 Å². The first-order valence-corrected chi connectivity index (χ1v) is 8.91. The molecule has 0 aliphatic heterocycles. The summed E-state index contributed by atoms with van der Waals surface area (Å²) in [7, 11) is 5.45. The van der Waals surface area contributed by atoms with Crippen molar-refractivity contribution in [2.75, 3.05) is 39.3 Å². The summed E-state index contributed by atoms with van der Waals surface area (Å²) in [5, 5.41) is 0. The standard InChI is InChI=1S/C21H28N2O4/c1-14-10-19(16(3)23(14)15(2)12-26-6)20(24)13-27-21(25)17-8-7-9-18(11-17)22(4)5/h7-11,15H,12-13H2,1-6H3/t15-/m1/s1. The van der Waals surface area contributed by atoms with Gasteiger partial charge in [0.2, 0.25) is 5.78 Å². The molecular weight excluding hydrogens is 344 g/mol. The molecule has 0 saturated carbocycles. The van der Waals surface area contributed by atoms with Crippen LogP contribution in [0, 0.1) is 13.8 Å². The molecule has 0 saturated heterocycles. The maximum Gasteiger partial charge on any atom is 0.338 e. The van der Waals surface area contributed by atoms with Crippen LogP contribution in [0.15, 0.2) is 30.3 Å². The molecular formula is C21H28N2O4. The molecule has 146 valence electrons. The van der Waals surface area contributed by atoms with Crippen molar-refractivity contribution in [1.29, 1.82) is 0 Å². The number of aromatic nitrogens is 1. The fourth-order valence-electron chi connectivity index (χ4n) is 3.26. The number of benzene rings is 1. The molecule has 1 aromatic heterocycles. The Labute approximate surface area is 160 Å². The number of nitrogens with zero attached hydrogens (tertiary/aromatic N) is 2. The highest BCUT2D eigenvalue weighted by molar-refractivity contribution is 6.00. The van der Waals surface area contributed by atoms with Gasteiger partial charge in [-0.3, -0.25) is 4.79 Å². The summed E-state index contributed by atoms with van der Waals surface area (Å²) in [4.78, 5) is 26.8. The molecule has 0 spiro atoms. The summed E-state index contributed by atoms with van der Waals surface area (Å²) in [6.45, 7) is 6.16. The number of aryl methyl sites for hydroxylation is 1. The molecule has 0 aliphatic carbocycles. The zero-order valence-electron chi connectivity index (χ0n) is 16.9. The number of Topliss-reactive ketones (excluding diaryl/α,β-unsaturated/α-hetero) is 1. The van der Waals surface area contributed by atoms with Crippen LogP contribution in [0.3, 0.4) is 0 Å². The Kier molecular flexibility index (Phi) is 6.80. The third-order valence-corrected chi connectivity index (χ3v) is 4.57. The van der Waals surface area contributed by atoms with E-state index < -0.39 is 5.97 Å². The average Bonchev–Trinajstić information content (AvgIpc) is 2.94. The molecule has 0 radical (unpaired) electrons. The van der Waals surface area contributed by atoms with E-state index in [2.05, 4.69) is 4.57 Å². The molecule has 1 aromatic carbocycles. The fraction of sp³-hybridized carbons (Fsp3) is 0.429. The smallest absolute Gasteiger partial charge is 0.338 e. The normalized spacial score (nSPS) is 11.9. The minimum Gasteiger partial charge on any atom is -0.454 e. The molecule has 0 fully saturated rings. The largest absolute Gasteiger partial charge is 0.454 e. The first-order chi connectivity index (χ1) is 12.8. The highest BCUT2D eigenvalue weighted by Crippen LogP contribution is 2.21. The summed E-state index contributed by atoms with van der Waals surface area (Å²) in [5.74, 6) is -0.718. The minimum absolute atomic E-state index is 0.118. The topological polar surface area (TPSA) is 60.8 Å². The quantitative estimate of drug-likeness (QED) is 0.525. The van der Waals surface area contributed by atoms with Gasteiger partial charge in [0, 0.05) is 43.8 Å². The lowest BCUT2D eigenvalue weighted by molar-refractivity contribution is 0.0474. The number of methoxy groups -OCH3 is 1. The van der Waals surface area contributed by atoms with Gasteiger partial charge < -0.3 is 18.9 Å². The minimum atomic E-state index is -0.506. The van der Waals surface area contributed by atoms with Crippen LogP contribution in [-0.4, -0.2) is 50.7 Å². The van der Waals surface area contributed by atoms with E-state index in [1.165, 1.54) is 0 Å². The van der Waals surface area contributed by atoms with Gasteiger partial charge in [0.25, 0.3) is 0 Å². The Bertz CT molecular complexity index is 824. The molecule has 1 atom stereocenters. The fourth-order valence-corrected chi connectivity index (χ4v) is 3.26. The van der Waals surface area contributed by atoms with E-state index in [4.69, 9.17) is 9.47 Å². The molecule has 0 aliphatic rings. The van der Waals surface area contributed by atoms with Gasteiger partial charge >= 0.3 is 5.97 Å². The van der Waals surface area contributed by atoms with Gasteiger partial charge in [-0.15, -0.1) is 0 Å². The molecule has 6 heteroatoms. The average molecular weight is 372 g/mol. The molecule has 0 N–H and O–H groups in total. The second kappa shape index (κ2) is 8.86. The van der Waals surface area contributed by atoms with Crippen LogP contribution in [0.25, 0.3) is 0 Å². The van der Waals surface area contributed by atoms with Gasteiger partial charge in [0.15, 0.2) is 6.61 Å². The molecule has 2 rings (SSSR count). The van der Waals surface area contributed by atoms with Crippen LogP contribution in [0.5, 0.6) is 0 Å². The Balaban J connectivity index is 2.09. The summed E-state index contributed by atoms with van der Waals surface area (Å²) in [6, 6.07) is 9.07. The van der Waals surface area contributed by atoms with E-state index in [9.17, 15) is 9.59 Å². The van der Waals surface area contributed by atoms with Gasteiger partial charge in [0.1, 0.15) is 0 Å². The second-order valence-corrected chi connectivity index (χ2v) is 6.90. The number of ether oxygens (including phenoxy) is 2. The van der Waals surface area contributed by atoms with Gasteiger partial charge in [-0.1, -0.05) is 6.07 Å². The van der Waals surface area contributed by atoms with E-state index >= 15 is 0 Å². The number of rotatable bonds is 8. The van der Waals surface area contributed by atoms with Gasteiger partial charge in [-0.2, -0.15) is 0 Å². The third-order valence-electron chi connectivity index (χ3n) is 4.57. The molecule has 0 bridgehead atoms. The van der Waals surface area contributed by atoms with Crippen LogP contribution < -0.4 is 4.90 Å². The summed E-state index contributed by atoms with van der Waals surface area (Å²) >= 11 is 0. The number of hydrogen-bond donors (Lipinski definition) is 0. The van der Waals surface area contributed by atoms with E-state index in [0.717, 1.165) is 17.1 Å². The lowest BCUT2D eigenvalue weighted by atomic mass is 10.1. The monoisotopic (exact) mass is 372 g/mol.